The quantitative estimate of drug-likeness (QED) is 0.729. The second-order valence-corrected chi connectivity index (χ2v) is 5.62. The van der Waals surface area contributed by atoms with Gasteiger partial charge in [-0.2, -0.15) is 0 Å². The Balaban J connectivity index is 2.27. The minimum atomic E-state index is -1.04. The Labute approximate surface area is 142 Å². The third-order valence-electron chi connectivity index (χ3n) is 4.21. The Kier molecular flexibility index (Phi) is 6.13. The van der Waals surface area contributed by atoms with Crippen LogP contribution in [-0.4, -0.2) is 19.0 Å². The fourth-order valence-electron chi connectivity index (χ4n) is 2.70. The average Bonchev–Trinajstić information content (AvgIpc) is 2.65. The van der Waals surface area contributed by atoms with Crippen LogP contribution >= 0.6 is 0 Å². The van der Waals surface area contributed by atoms with Crippen molar-refractivity contribution in [2.24, 2.45) is 0 Å². The summed E-state index contributed by atoms with van der Waals surface area (Å²) in [5, 5.41) is 0. The van der Waals surface area contributed by atoms with Crippen LogP contribution in [0.15, 0.2) is 60.7 Å². The first-order valence-electron chi connectivity index (χ1n) is 7.96. The highest BCUT2D eigenvalue weighted by Crippen LogP contribution is 2.34. The lowest BCUT2D eigenvalue weighted by Gasteiger charge is -2.30. The molecule has 0 bridgehead atoms. The van der Waals surface area contributed by atoms with Gasteiger partial charge in [-0.3, -0.25) is 9.59 Å². The molecule has 0 radical (unpaired) electrons. The third kappa shape index (κ3) is 4.02. The Morgan fingerprint density at radius 3 is 2.08 bits per heavy atom. The maximum Gasteiger partial charge on any atom is 0.317 e. The van der Waals surface area contributed by atoms with E-state index in [1.54, 1.807) is 0 Å². The van der Waals surface area contributed by atoms with E-state index >= 15 is 0 Å². The van der Waals surface area contributed by atoms with E-state index in [1.807, 2.05) is 67.6 Å². The van der Waals surface area contributed by atoms with Crippen molar-refractivity contribution in [3.8, 4) is 0 Å². The number of methoxy groups -OCH3 is 1. The van der Waals surface area contributed by atoms with Gasteiger partial charge in [0, 0.05) is 0 Å². The van der Waals surface area contributed by atoms with E-state index in [4.69, 9.17) is 9.47 Å². The lowest BCUT2D eigenvalue weighted by molar-refractivity contribution is -0.157. The first-order chi connectivity index (χ1) is 11.6. The second-order valence-electron chi connectivity index (χ2n) is 5.62. The lowest BCUT2D eigenvalue weighted by Crippen LogP contribution is -2.39. The van der Waals surface area contributed by atoms with Crippen LogP contribution in [0.4, 0.5) is 0 Å². The van der Waals surface area contributed by atoms with Crippen molar-refractivity contribution in [1.82, 2.24) is 0 Å². The fourth-order valence-corrected chi connectivity index (χ4v) is 2.70. The van der Waals surface area contributed by atoms with Gasteiger partial charge < -0.3 is 9.47 Å². The topological polar surface area (TPSA) is 52.6 Å². The number of carbonyl (C=O) groups is 2. The van der Waals surface area contributed by atoms with E-state index in [9.17, 15) is 9.59 Å². The molecule has 0 aliphatic carbocycles. The molecular weight excluding hydrogens is 304 g/mol. The number of hydrogen-bond donors (Lipinski definition) is 0. The standard InChI is InChI=1S/C20H22O4/c1-3-20(14-18(21)23-2,17-12-8-5-9-13-17)19(22)24-15-16-10-6-4-7-11-16/h4-13H,3,14-15H2,1-2H3/t20-/m0/s1. The van der Waals surface area contributed by atoms with Crippen LogP contribution in [0, 0.1) is 0 Å². The Morgan fingerprint density at radius 2 is 1.54 bits per heavy atom. The molecule has 24 heavy (non-hydrogen) atoms. The Bertz CT molecular complexity index is 667. The Hall–Kier alpha value is -2.62. The van der Waals surface area contributed by atoms with Crippen molar-refractivity contribution in [3.63, 3.8) is 0 Å². The summed E-state index contributed by atoms with van der Waals surface area (Å²) < 4.78 is 10.3. The van der Waals surface area contributed by atoms with Gasteiger partial charge in [0.2, 0.25) is 0 Å². The summed E-state index contributed by atoms with van der Waals surface area (Å²) in [5.41, 5.74) is 0.626. The molecule has 126 valence electrons. The molecule has 4 heteroatoms. The highest BCUT2D eigenvalue weighted by atomic mass is 16.5. The predicted molar refractivity (Wildman–Crippen MR) is 91.3 cm³/mol. The summed E-state index contributed by atoms with van der Waals surface area (Å²) in [6.07, 6.45) is 0.400. The zero-order chi connectivity index (χ0) is 17.4. The van der Waals surface area contributed by atoms with Crippen LogP contribution in [0.1, 0.15) is 30.9 Å². The highest BCUT2D eigenvalue weighted by Gasteiger charge is 2.42. The lowest BCUT2D eigenvalue weighted by atomic mass is 9.75. The van der Waals surface area contributed by atoms with E-state index in [0.717, 1.165) is 11.1 Å². The van der Waals surface area contributed by atoms with Gasteiger partial charge in [-0.15, -0.1) is 0 Å². The summed E-state index contributed by atoms with van der Waals surface area (Å²) in [7, 11) is 1.32. The minimum Gasteiger partial charge on any atom is -0.469 e. The van der Waals surface area contributed by atoms with Crippen LogP contribution < -0.4 is 0 Å². The summed E-state index contributed by atoms with van der Waals surface area (Å²) in [6.45, 7) is 2.05. The van der Waals surface area contributed by atoms with E-state index < -0.39 is 17.4 Å². The van der Waals surface area contributed by atoms with E-state index in [0.29, 0.717) is 6.42 Å². The van der Waals surface area contributed by atoms with Crippen LogP contribution in [-0.2, 0) is 31.1 Å². The monoisotopic (exact) mass is 326 g/mol. The van der Waals surface area contributed by atoms with Crippen molar-refractivity contribution < 1.29 is 19.1 Å². The van der Waals surface area contributed by atoms with Crippen molar-refractivity contribution in [3.05, 3.63) is 71.8 Å². The van der Waals surface area contributed by atoms with Crippen LogP contribution in [0.3, 0.4) is 0 Å². The molecule has 0 amide bonds. The molecule has 0 aromatic heterocycles. The summed E-state index contributed by atoms with van der Waals surface area (Å²) >= 11 is 0. The molecular formula is C20H22O4. The zero-order valence-corrected chi connectivity index (χ0v) is 14.0. The van der Waals surface area contributed by atoms with Gasteiger partial charge in [0.15, 0.2) is 0 Å². The van der Waals surface area contributed by atoms with Gasteiger partial charge in [-0.1, -0.05) is 67.6 Å². The van der Waals surface area contributed by atoms with E-state index in [2.05, 4.69) is 0 Å². The number of rotatable bonds is 7. The molecule has 0 unspecified atom stereocenters. The van der Waals surface area contributed by atoms with Gasteiger partial charge in [-0.05, 0) is 17.5 Å². The molecule has 2 aromatic carbocycles. The SMILES string of the molecule is CC[C@@](CC(=O)OC)(C(=O)OCc1ccccc1)c1ccccc1. The number of benzene rings is 2. The molecule has 0 fully saturated rings. The molecule has 2 rings (SSSR count). The summed E-state index contributed by atoms with van der Waals surface area (Å²) in [6, 6.07) is 18.7. The summed E-state index contributed by atoms with van der Waals surface area (Å²) in [4.78, 5) is 24.8. The molecule has 0 aliphatic rings. The molecule has 4 nitrogen and oxygen atoms in total. The number of ether oxygens (including phenoxy) is 2. The van der Waals surface area contributed by atoms with Crippen LogP contribution in [0.5, 0.6) is 0 Å². The van der Waals surface area contributed by atoms with Gasteiger partial charge in [-0.25, -0.2) is 0 Å². The molecule has 1 atom stereocenters. The van der Waals surface area contributed by atoms with E-state index in [1.165, 1.54) is 7.11 Å². The van der Waals surface area contributed by atoms with Crippen LogP contribution in [0.2, 0.25) is 0 Å². The molecule has 0 N–H and O–H groups in total. The predicted octanol–water partition coefficient (Wildman–Crippen LogP) is 3.64. The Morgan fingerprint density at radius 1 is 0.958 bits per heavy atom. The minimum absolute atomic E-state index is 0.0440. The van der Waals surface area contributed by atoms with Crippen LogP contribution in [0.25, 0.3) is 0 Å². The van der Waals surface area contributed by atoms with Crippen molar-refractivity contribution in [2.75, 3.05) is 7.11 Å². The molecule has 0 aliphatic heterocycles. The first kappa shape index (κ1) is 17.7. The number of hydrogen-bond acceptors (Lipinski definition) is 4. The van der Waals surface area contributed by atoms with E-state index in [-0.39, 0.29) is 13.0 Å². The van der Waals surface area contributed by atoms with Gasteiger partial charge in [0.1, 0.15) is 12.0 Å². The van der Waals surface area contributed by atoms with Gasteiger partial charge in [0.25, 0.3) is 0 Å². The number of carbonyl (C=O) groups excluding carboxylic acids is 2. The largest absolute Gasteiger partial charge is 0.469 e. The number of esters is 2. The third-order valence-corrected chi connectivity index (χ3v) is 4.21. The average molecular weight is 326 g/mol. The van der Waals surface area contributed by atoms with Crippen molar-refractivity contribution in [1.29, 1.82) is 0 Å². The molecule has 2 aromatic rings. The first-order valence-corrected chi connectivity index (χ1v) is 7.96. The molecule has 0 heterocycles. The van der Waals surface area contributed by atoms with Crippen molar-refractivity contribution >= 4 is 11.9 Å². The molecule has 0 saturated heterocycles. The highest BCUT2D eigenvalue weighted by molar-refractivity contribution is 5.88. The maximum atomic E-state index is 12.9. The van der Waals surface area contributed by atoms with Gasteiger partial charge in [0.05, 0.1) is 13.5 Å². The smallest absolute Gasteiger partial charge is 0.317 e. The van der Waals surface area contributed by atoms with Crippen molar-refractivity contribution in [2.45, 2.75) is 31.8 Å². The maximum absolute atomic E-state index is 12.9. The second kappa shape index (κ2) is 8.29. The molecule has 0 spiro atoms. The zero-order valence-electron chi connectivity index (χ0n) is 14.0. The molecule has 0 saturated carbocycles. The normalized spacial score (nSPS) is 12.9. The van der Waals surface area contributed by atoms with Gasteiger partial charge >= 0.3 is 11.9 Å². The summed E-state index contributed by atoms with van der Waals surface area (Å²) in [5.74, 6) is -0.845. The fraction of sp³-hybridized carbons (Fsp3) is 0.300.